The van der Waals surface area contributed by atoms with Gasteiger partial charge in [0, 0.05) is 44.4 Å². The van der Waals surface area contributed by atoms with Gasteiger partial charge in [-0.05, 0) is 24.0 Å². The minimum absolute atomic E-state index is 0.198. The monoisotopic (exact) mass is 292 g/mol. The highest BCUT2D eigenvalue weighted by atomic mass is 16.5. The minimum atomic E-state index is 0.198. The molecule has 1 fully saturated rings. The van der Waals surface area contributed by atoms with Crippen LogP contribution in [0.2, 0.25) is 0 Å². The largest absolute Gasteiger partial charge is 0.496 e. The fraction of sp³-hybridized carbons (Fsp3) is 0.647. The Balaban J connectivity index is 2.34. The van der Waals surface area contributed by atoms with E-state index in [9.17, 15) is 5.11 Å². The van der Waals surface area contributed by atoms with E-state index < -0.39 is 0 Å². The number of benzene rings is 1. The van der Waals surface area contributed by atoms with Crippen LogP contribution in [-0.2, 0) is 0 Å². The van der Waals surface area contributed by atoms with E-state index >= 15 is 0 Å². The molecule has 1 aromatic carbocycles. The lowest BCUT2D eigenvalue weighted by atomic mass is 9.94. The molecular weight excluding hydrogens is 264 g/mol. The molecule has 2 N–H and O–H groups in total. The highest BCUT2D eigenvalue weighted by Crippen LogP contribution is 2.34. The second kappa shape index (κ2) is 7.78. The van der Waals surface area contributed by atoms with E-state index in [1.807, 2.05) is 0 Å². The average molecular weight is 292 g/mol. The Hall–Kier alpha value is -1.10. The molecule has 1 saturated heterocycles. The predicted octanol–water partition coefficient (Wildman–Crippen LogP) is 2.15. The lowest BCUT2D eigenvalue weighted by Crippen LogP contribution is -2.45. The Morgan fingerprint density at radius 2 is 2.00 bits per heavy atom. The SMILES string of the molecule is COc1ccc(C(C)C)cc1[C@H](CCO)N1CCNCC1. The fourth-order valence-electron chi connectivity index (χ4n) is 3.02. The summed E-state index contributed by atoms with van der Waals surface area (Å²) in [5, 5.41) is 12.9. The molecule has 1 heterocycles. The average Bonchev–Trinajstić information content (AvgIpc) is 2.52. The third-order valence-corrected chi connectivity index (χ3v) is 4.27. The van der Waals surface area contributed by atoms with Gasteiger partial charge < -0.3 is 15.2 Å². The predicted molar refractivity (Wildman–Crippen MR) is 86.0 cm³/mol. The Labute approximate surface area is 128 Å². The molecule has 0 unspecified atom stereocenters. The van der Waals surface area contributed by atoms with E-state index in [1.54, 1.807) is 7.11 Å². The number of ether oxygens (including phenoxy) is 1. The van der Waals surface area contributed by atoms with Crippen LogP contribution < -0.4 is 10.1 Å². The number of methoxy groups -OCH3 is 1. The van der Waals surface area contributed by atoms with Gasteiger partial charge in [-0.1, -0.05) is 26.0 Å². The van der Waals surface area contributed by atoms with Crippen molar-refractivity contribution in [1.29, 1.82) is 0 Å². The molecule has 0 aliphatic carbocycles. The first-order chi connectivity index (χ1) is 10.2. The zero-order valence-electron chi connectivity index (χ0n) is 13.4. The molecule has 1 atom stereocenters. The maximum Gasteiger partial charge on any atom is 0.123 e. The standard InChI is InChI=1S/C17H28N2O2/c1-13(2)14-4-5-17(21-3)15(12-14)16(6-11-20)19-9-7-18-8-10-19/h4-5,12-13,16,18,20H,6-11H2,1-3H3/t16-/m0/s1. The number of nitrogens with one attached hydrogen (secondary N) is 1. The van der Waals surface area contributed by atoms with Crippen LogP contribution in [0.25, 0.3) is 0 Å². The third kappa shape index (κ3) is 3.96. The van der Waals surface area contributed by atoms with Crippen molar-refractivity contribution in [3.8, 4) is 5.75 Å². The molecule has 118 valence electrons. The second-order valence-corrected chi connectivity index (χ2v) is 5.97. The molecule has 4 heteroatoms. The van der Waals surface area contributed by atoms with E-state index in [0.717, 1.165) is 38.3 Å². The van der Waals surface area contributed by atoms with Gasteiger partial charge in [0.25, 0.3) is 0 Å². The number of nitrogens with zero attached hydrogens (tertiary/aromatic N) is 1. The molecule has 21 heavy (non-hydrogen) atoms. The maximum absolute atomic E-state index is 9.49. The summed E-state index contributed by atoms with van der Waals surface area (Å²) >= 11 is 0. The van der Waals surface area contributed by atoms with Crippen LogP contribution >= 0.6 is 0 Å². The van der Waals surface area contributed by atoms with E-state index in [4.69, 9.17) is 4.74 Å². The molecule has 4 nitrogen and oxygen atoms in total. The summed E-state index contributed by atoms with van der Waals surface area (Å²) in [6.45, 7) is 8.65. The van der Waals surface area contributed by atoms with Crippen molar-refractivity contribution in [3.63, 3.8) is 0 Å². The first-order valence-corrected chi connectivity index (χ1v) is 7.90. The van der Waals surface area contributed by atoms with E-state index in [1.165, 1.54) is 11.1 Å². The van der Waals surface area contributed by atoms with Crippen LogP contribution in [0, 0.1) is 0 Å². The minimum Gasteiger partial charge on any atom is -0.496 e. The number of aliphatic hydroxyl groups excluding tert-OH is 1. The Morgan fingerprint density at radius 1 is 1.29 bits per heavy atom. The van der Waals surface area contributed by atoms with Gasteiger partial charge in [0.15, 0.2) is 0 Å². The zero-order chi connectivity index (χ0) is 15.2. The molecule has 1 aliphatic heterocycles. The van der Waals surface area contributed by atoms with Gasteiger partial charge in [0.05, 0.1) is 7.11 Å². The zero-order valence-corrected chi connectivity index (χ0v) is 13.4. The van der Waals surface area contributed by atoms with Gasteiger partial charge in [-0.3, -0.25) is 4.90 Å². The van der Waals surface area contributed by atoms with E-state index in [-0.39, 0.29) is 12.6 Å². The Kier molecular flexibility index (Phi) is 6.03. The summed E-state index contributed by atoms with van der Waals surface area (Å²) in [5.41, 5.74) is 2.53. The normalized spacial score (nSPS) is 18.0. The van der Waals surface area contributed by atoms with Crippen LogP contribution in [0.15, 0.2) is 18.2 Å². The molecule has 0 amide bonds. The molecule has 1 aromatic rings. The Morgan fingerprint density at radius 3 is 2.57 bits per heavy atom. The summed E-state index contributed by atoms with van der Waals surface area (Å²) in [4.78, 5) is 2.45. The van der Waals surface area contributed by atoms with Crippen molar-refractivity contribution in [3.05, 3.63) is 29.3 Å². The number of rotatable bonds is 6. The number of piperazine rings is 1. The molecule has 2 rings (SSSR count). The molecule has 1 aliphatic rings. The van der Waals surface area contributed by atoms with Crippen molar-refractivity contribution in [2.75, 3.05) is 39.9 Å². The van der Waals surface area contributed by atoms with Gasteiger partial charge in [-0.25, -0.2) is 0 Å². The first kappa shape index (κ1) is 16.3. The van der Waals surface area contributed by atoms with Crippen LogP contribution in [0.1, 0.15) is 43.4 Å². The van der Waals surface area contributed by atoms with Crippen molar-refractivity contribution in [2.45, 2.75) is 32.2 Å². The summed E-state index contributed by atoms with van der Waals surface area (Å²) in [6, 6.07) is 6.69. The van der Waals surface area contributed by atoms with Crippen molar-refractivity contribution in [1.82, 2.24) is 10.2 Å². The number of hydrogen-bond donors (Lipinski definition) is 2. The lowest BCUT2D eigenvalue weighted by Gasteiger charge is -2.36. The van der Waals surface area contributed by atoms with Crippen LogP contribution in [0.4, 0.5) is 0 Å². The summed E-state index contributed by atoms with van der Waals surface area (Å²) < 4.78 is 5.57. The van der Waals surface area contributed by atoms with E-state index in [0.29, 0.717) is 5.92 Å². The topological polar surface area (TPSA) is 44.7 Å². The van der Waals surface area contributed by atoms with Crippen molar-refractivity contribution in [2.24, 2.45) is 0 Å². The first-order valence-electron chi connectivity index (χ1n) is 7.90. The van der Waals surface area contributed by atoms with Gasteiger partial charge in [0.2, 0.25) is 0 Å². The molecule has 0 saturated carbocycles. The van der Waals surface area contributed by atoms with Gasteiger partial charge in [-0.2, -0.15) is 0 Å². The van der Waals surface area contributed by atoms with Crippen molar-refractivity contribution >= 4 is 0 Å². The summed E-state index contributed by atoms with van der Waals surface area (Å²) in [5.74, 6) is 1.42. The Bertz CT molecular complexity index is 442. The molecular formula is C17H28N2O2. The number of hydrogen-bond acceptors (Lipinski definition) is 4. The smallest absolute Gasteiger partial charge is 0.123 e. The summed E-state index contributed by atoms with van der Waals surface area (Å²) in [7, 11) is 1.72. The third-order valence-electron chi connectivity index (χ3n) is 4.27. The van der Waals surface area contributed by atoms with Gasteiger partial charge >= 0.3 is 0 Å². The number of aliphatic hydroxyl groups is 1. The fourth-order valence-corrected chi connectivity index (χ4v) is 3.02. The molecule has 0 spiro atoms. The van der Waals surface area contributed by atoms with E-state index in [2.05, 4.69) is 42.3 Å². The van der Waals surface area contributed by atoms with Crippen molar-refractivity contribution < 1.29 is 9.84 Å². The second-order valence-electron chi connectivity index (χ2n) is 5.97. The summed E-state index contributed by atoms with van der Waals surface area (Å²) in [6.07, 6.45) is 0.748. The highest BCUT2D eigenvalue weighted by Gasteiger charge is 2.25. The van der Waals surface area contributed by atoms with Crippen LogP contribution in [0.3, 0.4) is 0 Å². The highest BCUT2D eigenvalue weighted by molar-refractivity contribution is 5.40. The molecule has 0 radical (unpaired) electrons. The van der Waals surface area contributed by atoms with Gasteiger partial charge in [0.1, 0.15) is 5.75 Å². The lowest BCUT2D eigenvalue weighted by molar-refractivity contribution is 0.139. The molecule has 0 bridgehead atoms. The van der Waals surface area contributed by atoms with Crippen LogP contribution in [0.5, 0.6) is 5.75 Å². The molecule has 0 aromatic heterocycles. The maximum atomic E-state index is 9.49. The quantitative estimate of drug-likeness (QED) is 0.843. The van der Waals surface area contributed by atoms with Crippen LogP contribution in [-0.4, -0.2) is 49.9 Å². The van der Waals surface area contributed by atoms with Gasteiger partial charge in [-0.15, -0.1) is 0 Å².